The van der Waals surface area contributed by atoms with Gasteiger partial charge in [-0.25, -0.2) is 0 Å². The first-order chi connectivity index (χ1) is 18.6. The highest BCUT2D eigenvalue weighted by molar-refractivity contribution is 6.03. The van der Waals surface area contributed by atoms with Crippen LogP contribution in [-0.4, -0.2) is 77.6 Å². The van der Waals surface area contributed by atoms with Crippen LogP contribution < -0.4 is 14.9 Å². The van der Waals surface area contributed by atoms with E-state index in [-0.39, 0.29) is 35.6 Å². The van der Waals surface area contributed by atoms with Crippen molar-refractivity contribution in [2.45, 2.75) is 58.7 Å². The van der Waals surface area contributed by atoms with Crippen LogP contribution in [-0.2, 0) is 9.59 Å². The van der Waals surface area contributed by atoms with Gasteiger partial charge in [-0.15, -0.1) is 0 Å². The maximum Gasteiger partial charge on any atom is 0.260 e. The Bertz CT molecular complexity index is 1230. The maximum absolute atomic E-state index is 13.8. The highest BCUT2D eigenvalue weighted by Gasteiger charge is 2.52. The molecule has 208 valence electrons. The summed E-state index contributed by atoms with van der Waals surface area (Å²) < 4.78 is 0.545. The predicted molar refractivity (Wildman–Crippen MR) is 146 cm³/mol. The van der Waals surface area contributed by atoms with Gasteiger partial charge in [0.2, 0.25) is 5.91 Å². The minimum Gasteiger partial charge on any atom is -0.619 e. The molecular weight excluding hydrogens is 498 g/mol. The van der Waals surface area contributed by atoms with E-state index in [0.717, 1.165) is 18.8 Å². The van der Waals surface area contributed by atoms with Gasteiger partial charge in [-0.1, -0.05) is 13.8 Å². The second kappa shape index (κ2) is 11.8. The number of hydrogen-bond donors (Lipinski definition) is 1. The SMILES string of the molecule is CCN(CC)c1ccc(C(=O)NC(CC(C)C)C(=O)N2CCC3C2C(=O)CN3C(=O)c2ccc[n+]([O-])c2)cc1. The number of carbonyl (C=O) groups is 4. The van der Waals surface area contributed by atoms with E-state index in [9.17, 15) is 24.4 Å². The number of Topliss-reactive ketones (excluding diaryl/α,β-unsaturated/α-hetero) is 1. The standard InChI is InChI=1S/C29H37N5O5/c1-5-31(6-2)22-11-9-20(10-12-22)27(36)30-23(16-19(3)4)29(38)33-15-13-24-26(33)25(35)18-34(24)28(37)21-8-7-14-32(39)17-21/h7-12,14,17,19,23-24,26H,5-6,13,15-16,18H2,1-4H3,(H,30,36). The number of fused-ring (bicyclic) bond motifs is 1. The average Bonchev–Trinajstić information content (AvgIpc) is 3.49. The molecule has 39 heavy (non-hydrogen) atoms. The lowest BCUT2D eigenvalue weighted by Gasteiger charge is -2.29. The summed E-state index contributed by atoms with van der Waals surface area (Å²) in [5, 5.41) is 14.6. The molecule has 4 rings (SSSR count). The highest BCUT2D eigenvalue weighted by atomic mass is 16.5. The van der Waals surface area contributed by atoms with Crippen molar-refractivity contribution >= 4 is 29.2 Å². The summed E-state index contributed by atoms with van der Waals surface area (Å²) in [4.78, 5) is 58.2. The molecule has 3 atom stereocenters. The zero-order valence-electron chi connectivity index (χ0n) is 23.0. The van der Waals surface area contributed by atoms with E-state index in [1.807, 2.05) is 26.0 Å². The van der Waals surface area contributed by atoms with Gasteiger partial charge in [0, 0.05) is 37.0 Å². The molecule has 2 aliphatic heterocycles. The molecule has 0 bridgehead atoms. The number of rotatable bonds is 9. The number of nitrogens with zero attached hydrogens (tertiary/aromatic N) is 4. The summed E-state index contributed by atoms with van der Waals surface area (Å²) in [6, 6.07) is 8.31. The molecule has 2 aromatic rings. The molecule has 1 aromatic heterocycles. The number of amides is 3. The lowest BCUT2D eigenvalue weighted by atomic mass is 10.0. The zero-order valence-corrected chi connectivity index (χ0v) is 23.0. The van der Waals surface area contributed by atoms with Crippen molar-refractivity contribution in [1.82, 2.24) is 15.1 Å². The van der Waals surface area contributed by atoms with Crippen molar-refractivity contribution in [1.29, 1.82) is 0 Å². The van der Waals surface area contributed by atoms with E-state index in [2.05, 4.69) is 24.1 Å². The highest BCUT2D eigenvalue weighted by Crippen LogP contribution is 2.31. The van der Waals surface area contributed by atoms with E-state index in [0.29, 0.717) is 29.7 Å². The first kappa shape index (κ1) is 28.1. The number of ketones is 1. The summed E-state index contributed by atoms with van der Waals surface area (Å²) in [6.07, 6.45) is 3.33. The third-order valence-corrected chi connectivity index (χ3v) is 7.56. The van der Waals surface area contributed by atoms with Gasteiger partial charge in [-0.2, -0.15) is 4.73 Å². The molecule has 10 heteroatoms. The fourth-order valence-corrected chi connectivity index (χ4v) is 5.63. The van der Waals surface area contributed by atoms with Crippen LogP contribution in [0.25, 0.3) is 0 Å². The Morgan fingerprint density at radius 2 is 1.77 bits per heavy atom. The first-order valence-corrected chi connectivity index (χ1v) is 13.6. The Morgan fingerprint density at radius 3 is 2.38 bits per heavy atom. The van der Waals surface area contributed by atoms with Crippen molar-refractivity contribution in [3.8, 4) is 0 Å². The average molecular weight is 536 g/mol. The van der Waals surface area contributed by atoms with Crippen LogP contribution in [0, 0.1) is 11.1 Å². The molecular formula is C29H37N5O5. The lowest BCUT2D eigenvalue weighted by molar-refractivity contribution is -0.605. The van der Waals surface area contributed by atoms with Crippen molar-refractivity contribution < 1.29 is 23.9 Å². The smallest absolute Gasteiger partial charge is 0.260 e. The number of hydrogen-bond acceptors (Lipinski definition) is 6. The second-order valence-corrected chi connectivity index (χ2v) is 10.6. The first-order valence-electron chi connectivity index (χ1n) is 13.6. The Morgan fingerprint density at radius 1 is 1.08 bits per heavy atom. The van der Waals surface area contributed by atoms with Gasteiger partial charge >= 0.3 is 0 Å². The van der Waals surface area contributed by atoms with Gasteiger partial charge in [0.1, 0.15) is 17.6 Å². The molecule has 0 radical (unpaired) electrons. The molecule has 0 saturated carbocycles. The summed E-state index contributed by atoms with van der Waals surface area (Å²) in [5.41, 5.74) is 1.68. The number of likely N-dealkylation sites (tertiary alicyclic amines) is 2. The van der Waals surface area contributed by atoms with Crippen LogP contribution in [0.4, 0.5) is 5.69 Å². The number of carbonyl (C=O) groups excluding carboxylic acids is 4. The van der Waals surface area contributed by atoms with Crippen LogP contribution in [0.15, 0.2) is 48.8 Å². The number of benzene rings is 1. The van der Waals surface area contributed by atoms with Crippen molar-refractivity contribution in [2.24, 2.45) is 5.92 Å². The molecule has 2 aliphatic rings. The number of pyridine rings is 1. The Kier molecular flexibility index (Phi) is 8.52. The van der Waals surface area contributed by atoms with Crippen LogP contribution in [0.3, 0.4) is 0 Å². The van der Waals surface area contributed by atoms with Gasteiger partial charge in [0.25, 0.3) is 11.8 Å². The van der Waals surface area contributed by atoms with Crippen LogP contribution in [0.5, 0.6) is 0 Å². The van der Waals surface area contributed by atoms with Gasteiger partial charge in [-0.3, -0.25) is 19.2 Å². The largest absolute Gasteiger partial charge is 0.619 e. The molecule has 10 nitrogen and oxygen atoms in total. The Hall–Kier alpha value is -3.95. The number of nitrogens with one attached hydrogen (secondary N) is 1. The number of anilines is 1. The summed E-state index contributed by atoms with van der Waals surface area (Å²) in [5.74, 6) is -1.16. The molecule has 0 spiro atoms. The molecule has 3 amide bonds. The molecule has 0 aliphatic carbocycles. The third kappa shape index (κ3) is 5.89. The van der Waals surface area contributed by atoms with Crippen LogP contribution in [0.1, 0.15) is 61.3 Å². The fraction of sp³-hybridized carbons (Fsp3) is 0.483. The topological polar surface area (TPSA) is 117 Å². The summed E-state index contributed by atoms with van der Waals surface area (Å²) in [7, 11) is 0. The van der Waals surface area contributed by atoms with Crippen molar-refractivity contribution in [3.05, 3.63) is 65.1 Å². The minimum absolute atomic E-state index is 0.119. The lowest BCUT2D eigenvalue weighted by Crippen LogP contribution is -2.53. The van der Waals surface area contributed by atoms with Crippen LogP contribution in [0.2, 0.25) is 0 Å². The molecule has 2 saturated heterocycles. The molecule has 2 fully saturated rings. The summed E-state index contributed by atoms with van der Waals surface area (Å²) >= 11 is 0. The normalized spacial score (nSPS) is 19.3. The van der Waals surface area contributed by atoms with Crippen LogP contribution >= 0.6 is 0 Å². The minimum atomic E-state index is -0.801. The molecule has 3 unspecified atom stereocenters. The Balaban J connectivity index is 1.49. The monoisotopic (exact) mass is 535 g/mol. The van der Waals surface area contributed by atoms with E-state index in [4.69, 9.17) is 0 Å². The predicted octanol–water partition coefficient (Wildman–Crippen LogP) is 2.01. The van der Waals surface area contributed by atoms with Gasteiger partial charge in [0.05, 0.1) is 12.6 Å². The van der Waals surface area contributed by atoms with E-state index < -0.39 is 24.0 Å². The van der Waals surface area contributed by atoms with Gasteiger partial charge in [0.15, 0.2) is 18.2 Å². The second-order valence-electron chi connectivity index (χ2n) is 10.6. The molecule has 1 N–H and O–H groups in total. The maximum atomic E-state index is 13.8. The van der Waals surface area contributed by atoms with Gasteiger partial charge in [-0.05, 0) is 62.9 Å². The molecule has 3 heterocycles. The third-order valence-electron chi connectivity index (χ3n) is 7.56. The molecule has 1 aromatic carbocycles. The van der Waals surface area contributed by atoms with Crippen molar-refractivity contribution in [2.75, 3.05) is 31.1 Å². The summed E-state index contributed by atoms with van der Waals surface area (Å²) in [6.45, 7) is 10.00. The van der Waals surface area contributed by atoms with E-state index >= 15 is 0 Å². The van der Waals surface area contributed by atoms with E-state index in [1.165, 1.54) is 34.3 Å². The van der Waals surface area contributed by atoms with Gasteiger partial charge < -0.3 is 25.2 Å². The van der Waals surface area contributed by atoms with E-state index in [1.54, 1.807) is 12.1 Å². The number of aromatic nitrogens is 1. The quantitative estimate of drug-likeness (QED) is 0.388. The zero-order chi connectivity index (χ0) is 28.3. The Labute approximate surface area is 229 Å². The fourth-order valence-electron chi connectivity index (χ4n) is 5.63. The van der Waals surface area contributed by atoms with Crippen molar-refractivity contribution in [3.63, 3.8) is 0 Å².